The molecule has 0 N–H and O–H groups in total. The lowest BCUT2D eigenvalue weighted by molar-refractivity contribution is -0.670. The lowest BCUT2D eigenvalue weighted by Crippen LogP contribution is -2.23. The molecule has 0 spiro atoms. The molecule has 0 saturated carbocycles. The molecule has 32 heavy (non-hydrogen) atoms. The SMILES string of the molecule is Cc1ccc(-c2ccnc(-c3cccc(Oc4cccc(-n5cc[n+](C)c5)c4)c3)c2)cc1. The number of rotatable bonds is 5. The average molecular weight is 419 g/mol. The van der Waals surface area contributed by atoms with Crippen LogP contribution in [0.3, 0.4) is 0 Å². The van der Waals surface area contributed by atoms with E-state index in [2.05, 4.69) is 58.9 Å². The van der Waals surface area contributed by atoms with E-state index in [9.17, 15) is 0 Å². The van der Waals surface area contributed by atoms with Crippen LogP contribution in [0.4, 0.5) is 0 Å². The van der Waals surface area contributed by atoms with Crippen molar-refractivity contribution in [2.24, 2.45) is 7.05 Å². The third-order valence-corrected chi connectivity index (χ3v) is 5.40. The molecule has 4 heteroatoms. The second-order valence-corrected chi connectivity index (χ2v) is 7.91. The molecule has 0 unspecified atom stereocenters. The molecule has 3 aromatic carbocycles. The lowest BCUT2D eigenvalue weighted by Gasteiger charge is -2.09. The summed E-state index contributed by atoms with van der Waals surface area (Å²) >= 11 is 0. The lowest BCUT2D eigenvalue weighted by atomic mass is 10.0. The first kappa shape index (κ1) is 19.8. The van der Waals surface area contributed by atoms with Crippen LogP contribution in [0.25, 0.3) is 28.1 Å². The van der Waals surface area contributed by atoms with Crippen LogP contribution >= 0.6 is 0 Å². The van der Waals surface area contributed by atoms with Gasteiger partial charge in [0, 0.05) is 17.8 Å². The van der Waals surface area contributed by atoms with Gasteiger partial charge in [-0.05, 0) is 54.4 Å². The van der Waals surface area contributed by atoms with Gasteiger partial charge in [0.25, 0.3) is 0 Å². The fourth-order valence-corrected chi connectivity index (χ4v) is 3.68. The van der Waals surface area contributed by atoms with Crippen LogP contribution < -0.4 is 9.30 Å². The van der Waals surface area contributed by atoms with Crippen molar-refractivity contribution in [3.05, 3.63) is 115 Å². The van der Waals surface area contributed by atoms with Crippen molar-refractivity contribution in [2.45, 2.75) is 6.92 Å². The fourth-order valence-electron chi connectivity index (χ4n) is 3.68. The maximum Gasteiger partial charge on any atom is 0.248 e. The van der Waals surface area contributed by atoms with Crippen molar-refractivity contribution in [1.82, 2.24) is 9.55 Å². The van der Waals surface area contributed by atoms with Crippen molar-refractivity contribution in [3.63, 3.8) is 0 Å². The number of aromatic nitrogens is 3. The van der Waals surface area contributed by atoms with Gasteiger partial charge in [0.05, 0.1) is 12.7 Å². The summed E-state index contributed by atoms with van der Waals surface area (Å²) in [5.74, 6) is 1.57. The van der Waals surface area contributed by atoms with Crippen molar-refractivity contribution >= 4 is 0 Å². The van der Waals surface area contributed by atoms with Gasteiger partial charge in [0.1, 0.15) is 29.6 Å². The van der Waals surface area contributed by atoms with Crippen LogP contribution in [0.2, 0.25) is 0 Å². The molecule has 0 radical (unpaired) electrons. The third kappa shape index (κ3) is 4.30. The quantitative estimate of drug-likeness (QED) is 0.321. The van der Waals surface area contributed by atoms with Gasteiger partial charge in [0.2, 0.25) is 6.33 Å². The van der Waals surface area contributed by atoms with Gasteiger partial charge < -0.3 is 4.74 Å². The van der Waals surface area contributed by atoms with Crippen LogP contribution in [-0.4, -0.2) is 9.55 Å². The molecule has 2 heterocycles. The molecule has 0 aliphatic carbocycles. The molecule has 0 saturated heterocycles. The predicted octanol–water partition coefficient (Wildman–Crippen LogP) is 6.13. The zero-order chi connectivity index (χ0) is 21.9. The van der Waals surface area contributed by atoms with Crippen molar-refractivity contribution in [3.8, 4) is 39.6 Å². The highest BCUT2D eigenvalue weighted by Crippen LogP contribution is 2.29. The number of nitrogens with zero attached hydrogens (tertiary/aromatic N) is 3. The molecule has 5 aromatic rings. The van der Waals surface area contributed by atoms with Gasteiger partial charge in [-0.2, -0.15) is 0 Å². The van der Waals surface area contributed by atoms with E-state index in [4.69, 9.17) is 4.74 Å². The number of ether oxygens (including phenoxy) is 1. The minimum atomic E-state index is 0.778. The molecule has 0 aliphatic heterocycles. The summed E-state index contributed by atoms with van der Waals surface area (Å²) in [7, 11) is 2.00. The fraction of sp³-hybridized carbons (Fsp3) is 0.0714. The zero-order valence-electron chi connectivity index (χ0n) is 18.1. The second-order valence-electron chi connectivity index (χ2n) is 7.91. The van der Waals surface area contributed by atoms with Crippen molar-refractivity contribution < 1.29 is 9.30 Å². The van der Waals surface area contributed by atoms with Crippen LogP contribution in [-0.2, 0) is 7.05 Å². The summed E-state index contributed by atoms with van der Waals surface area (Å²) in [4.78, 5) is 4.60. The monoisotopic (exact) mass is 418 g/mol. The van der Waals surface area contributed by atoms with E-state index in [1.165, 1.54) is 11.1 Å². The summed E-state index contributed by atoms with van der Waals surface area (Å²) in [5, 5.41) is 0. The first-order chi connectivity index (χ1) is 15.6. The van der Waals surface area contributed by atoms with Gasteiger partial charge in [-0.15, -0.1) is 0 Å². The Morgan fingerprint density at radius 3 is 2.34 bits per heavy atom. The average Bonchev–Trinajstić information content (AvgIpc) is 3.26. The first-order valence-electron chi connectivity index (χ1n) is 10.6. The standard InChI is InChI=1S/C28H24N3O/c1-21-9-11-22(12-10-21)23-13-14-29-28(18-23)24-5-3-7-26(17-24)32-27-8-4-6-25(19-27)31-16-15-30(2)20-31/h3-20H,1-2H3/q+1. The molecule has 5 rings (SSSR count). The summed E-state index contributed by atoms with van der Waals surface area (Å²) < 4.78 is 10.3. The maximum atomic E-state index is 6.19. The van der Waals surface area contributed by atoms with Crippen LogP contribution in [0.5, 0.6) is 11.5 Å². The van der Waals surface area contributed by atoms with Crippen molar-refractivity contribution in [2.75, 3.05) is 0 Å². The molecular formula is C28H24N3O+. The Morgan fingerprint density at radius 2 is 1.56 bits per heavy atom. The smallest absolute Gasteiger partial charge is 0.248 e. The molecule has 156 valence electrons. The number of benzene rings is 3. The van der Waals surface area contributed by atoms with E-state index < -0.39 is 0 Å². The largest absolute Gasteiger partial charge is 0.457 e. The van der Waals surface area contributed by atoms with E-state index in [0.717, 1.165) is 34.0 Å². The van der Waals surface area contributed by atoms with Gasteiger partial charge >= 0.3 is 0 Å². The van der Waals surface area contributed by atoms with E-state index in [1.54, 1.807) is 0 Å². The topological polar surface area (TPSA) is 30.9 Å². The van der Waals surface area contributed by atoms with Crippen LogP contribution in [0.1, 0.15) is 5.56 Å². The molecule has 0 atom stereocenters. The number of hydrogen-bond donors (Lipinski definition) is 0. The number of aryl methyl sites for hydroxylation is 2. The summed E-state index contributed by atoms with van der Waals surface area (Å²) in [5.41, 5.74) is 6.57. The molecule has 4 nitrogen and oxygen atoms in total. The van der Waals surface area contributed by atoms with Gasteiger partial charge in [-0.3, -0.25) is 4.98 Å². The van der Waals surface area contributed by atoms with E-state index in [1.807, 2.05) is 79.0 Å². The maximum absolute atomic E-state index is 6.19. The molecule has 0 fully saturated rings. The predicted molar refractivity (Wildman–Crippen MR) is 127 cm³/mol. The normalized spacial score (nSPS) is 10.8. The minimum Gasteiger partial charge on any atom is -0.457 e. The third-order valence-electron chi connectivity index (χ3n) is 5.40. The van der Waals surface area contributed by atoms with E-state index >= 15 is 0 Å². The molecular weight excluding hydrogens is 394 g/mol. The van der Waals surface area contributed by atoms with Crippen LogP contribution in [0, 0.1) is 6.92 Å². The highest BCUT2D eigenvalue weighted by Gasteiger charge is 2.08. The van der Waals surface area contributed by atoms with Crippen LogP contribution in [0.15, 0.2) is 110 Å². The second kappa shape index (κ2) is 8.52. The van der Waals surface area contributed by atoms with E-state index in [0.29, 0.717) is 0 Å². The summed E-state index contributed by atoms with van der Waals surface area (Å²) in [6.45, 7) is 2.10. The Hall–Kier alpha value is -4.18. The number of pyridine rings is 1. The Balaban J connectivity index is 1.41. The summed E-state index contributed by atoms with van der Waals surface area (Å²) in [6.07, 6.45) is 7.91. The molecule has 0 amide bonds. The Labute approximate surface area is 188 Å². The highest BCUT2D eigenvalue weighted by molar-refractivity contribution is 5.71. The van der Waals surface area contributed by atoms with Gasteiger partial charge in [0.15, 0.2) is 0 Å². The Kier molecular flexibility index (Phi) is 5.26. The minimum absolute atomic E-state index is 0.778. The molecule has 0 aliphatic rings. The molecule has 2 aromatic heterocycles. The summed E-state index contributed by atoms with van der Waals surface area (Å²) in [6, 6.07) is 28.8. The first-order valence-corrected chi connectivity index (χ1v) is 10.6. The Bertz CT molecular complexity index is 1370. The van der Waals surface area contributed by atoms with Gasteiger partial charge in [-0.25, -0.2) is 9.13 Å². The molecule has 0 bridgehead atoms. The number of hydrogen-bond acceptors (Lipinski definition) is 2. The number of imidazole rings is 1. The highest BCUT2D eigenvalue weighted by atomic mass is 16.5. The Morgan fingerprint density at radius 1 is 0.781 bits per heavy atom. The zero-order valence-corrected chi connectivity index (χ0v) is 18.1. The van der Waals surface area contributed by atoms with E-state index in [-0.39, 0.29) is 0 Å². The van der Waals surface area contributed by atoms with Gasteiger partial charge in [-0.1, -0.05) is 48.0 Å². The van der Waals surface area contributed by atoms with Crippen molar-refractivity contribution in [1.29, 1.82) is 0 Å².